The van der Waals surface area contributed by atoms with E-state index in [1.807, 2.05) is 24.6 Å². The summed E-state index contributed by atoms with van der Waals surface area (Å²) in [6.07, 6.45) is 0.794. The molecule has 2 aromatic rings. The third-order valence-electron chi connectivity index (χ3n) is 3.01. The molecule has 0 saturated carbocycles. The third-order valence-corrected chi connectivity index (χ3v) is 3.21. The van der Waals surface area contributed by atoms with E-state index >= 15 is 0 Å². The van der Waals surface area contributed by atoms with Crippen LogP contribution >= 0.6 is 11.6 Å². The zero-order chi connectivity index (χ0) is 15.4. The number of nitrogens with two attached hydrogens (primary N) is 1. The molecule has 0 aromatic carbocycles. The summed E-state index contributed by atoms with van der Waals surface area (Å²) < 4.78 is 1.93. The van der Waals surface area contributed by atoms with Crippen LogP contribution in [0.4, 0.5) is 5.82 Å². The standard InChI is InChI=1S/C14H18ClN5O/c1-9-6-10(2)20(19-9)5-3-4-17-14(21)11-7-12(15)18-13(16)8-11/h6-8H,3-5H2,1-2H3,(H2,16,18)(H,17,21). The molecule has 0 unspecified atom stereocenters. The minimum absolute atomic E-state index is 0.209. The molecule has 0 aliphatic rings. The molecule has 0 bridgehead atoms. The van der Waals surface area contributed by atoms with Crippen molar-refractivity contribution < 1.29 is 4.79 Å². The van der Waals surface area contributed by atoms with Crippen LogP contribution in [0.25, 0.3) is 0 Å². The Bertz CT molecular complexity index is 633. The second-order valence-corrected chi connectivity index (χ2v) is 5.25. The number of hydrogen-bond acceptors (Lipinski definition) is 4. The first-order valence-corrected chi connectivity index (χ1v) is 7.06. The van der Waals surface area contributed by atoms with Crippen LogP contribution in [0.2, 0.25) is 5.15 Å². The van der Waals surface area contributed by atoms with E-state index in [0.717, 1.165) is 24.4 Å². The summed E-state index contributed by atoms with van der Waals surface area (Å²) in [6, 6.07) is 5.02. The molecule has 6 nitrogen and oxygen atoms in total. The van der Waals surface area contributed by atoms with Gasteiger partial charge in [-0.15, -0.1) is 0 Å². The summed E-state index contributed by atoms with van der Waals surface area (Å²) in [4.78, 5) is 15.8. The van der Waals surface area contributed by atoms with Crippen molar-refractivity contribution >= 4 is 23.3 Å². The van der Waals surface area contributed by atoms with Gasteiger partial charge in [0.25, 0.3) is 5.91 Å². The maximum atomic E-state index is 12.0. The number of anilines is 1. The molecule has 2 aromatic heterocycles. The van der Waals surface area contributed by atoms with Crippen LogP contribution in [0, 0.1) is 13.8 Å². The summed E-state index contributed by atoms with van der Waals surface area (Å²) >= 11 is 5.77. The van der Waals surface area contributed by atoms with Crippen molar-refractivity contribution in [2.75, 3.05) is 12.3 Å². The molecule has 7 heteroatoms. The van der Waals surface area contributed by atoms with Gasteiger partial charge in [0.05, 0.1) is 5.69 Å². The Labute approximate surface area is 128 Å². The lowest BCUT2D eigenvalue weighted by Gasteiger charge is -2.07. The zero-order valence-corrected chi connectivity index (χ0v) is 12.8. The fourth-order valence-corrected chi connectivity index (χ4v) is 2.30. The van der Waals surface area contributed by atoms with Gasteiger partial charge < -0.3 is 11.1 Å². The van der Waals surface area contributed by atoms with Gasteiger partial charge in [-0.25, -0.2) is 4.98 Å². The second-order valence-electron chi connectivity index (χ2n) is 4.86. The molecule has 0 saturated heterocycles. The van der Waals surface area contributed by atoms with Crippen molar-refractivity contribution in [2.24, 2.45) is 0 Å². The maximum absolute atomic E-state index is 12.0. The monoisotopic (exact) mass is 307 g/mol. The van der Waals surface area contributed by atoms with Crippen molar-refractivity contribution in [2.45, 2.75) is 26.8 Å². The van der Waals surface area contributed by atoms with Crippen molar-refractivity contribution in [3.8, 4) is 0 Å². The second kappa shape index (κ2) is 6.58. The highest BCUT2D eigenvalue weighted by molar-refractivity contribution is 6.29. The molecule has 2 rings (SSSR count). The van der Waals surface area contributed by atoms with Gasteiger partial charge in [-0.1, -0.05) is 11.6 Å². The average molecular weight is 308 g/mol. The molecule has 0 aliphatic heterocycles. The summed E-state index contributed by atoms with van der Waals surface area (Å²) in [5, 5.41) is 7.41. The van der Waals surface area contributed by atoms with Crippen molar-refractivity contribution in [1.29, 1.82) is 0 Å². The number of rotatable bonds is 5. The Hall–Kier alpha value is -2.08. The highest BCUT2D eigenvalue weighted by atomic mass is 35.5. The van der Waals surface area contributed by atoms with E-state index in [-0.39, 0.29) is 16.9 Å². The van der Waals surface area contributed by atoms with Gasteiger partial charge in [0, 0.05) is 24.3 Å². The quantitative estimate of drug-likeness (QED) is 0.653. The molecule has 2 heterocycles. The van der Waals surface area contributed by atoms with Crippen LogP contribution in [-0.2, 0) is 6.54 Å². The number of pyridine rings is 1. The number of amides is 1. The van der Waals surface area contributed by atoms with Crippen molar-refractivity contribution in [3.63, 3.8) is 0 Å². The topological polar surface area (TPSA) is 85.8 Å². The summed E-state index contributed by atoms with van der Waals surface area (Å²) in [5.41, 5.74) is 8.09. The molecule has 21 heavy (non-hydrogen) atoms. The number of aromatic nitrogens is 3. The van der Waals surface area contributed by atoms with Gasteiger partial charge in [0.2, 0.25) is 0 Å². The normalized spacial score (nSPS) is 10.6. The van der Waals surface area contributed by atoms with Crippen LogP contribution < -0.4 is 11.1 Å². The fourth-order valence-electron chi connectivity index (χ4n) is 2.08. The number of nitrogens with one attached hydrogen (secondary N) is 1. The zero-order valence-electron chi connectivity index (χ0n) is 12.1. The molecule has 0 fully saturated rings. The molecule has 0 atom stereocenters. The predicted molar refractivity (Wildman–Crippen MR) is 82.3 cm³/mol. The van der Waals surface area contributed by atoms with E-state index in [0.29, 0.717) is 12.1 Å². The van der Waals surface area contributed by atoms with Gasteiger partial charge in [-0.05, 0) is 38.5 Å². The molecule has 112 valence electrons. The van der Waals surface area contributed by atoms with E-state index in [1.54, 1.807) is 0 Å². The lowest BCUT2D eigenvalue weighted by molar-refractivity contribution is 0.0952. The molecular weight excluding hydrogens is 290 g/mol. The van der Waals surface area contributed by atoms with Gasteiger partial charge >= 0.3 is 0 Å². The molecule has 1 amide bonds. The van der Waals surface area contributed by atoms with Crippen molar-refractivity contribution in [3.05, 3.63) is 40.3 Å². The third kappa shape index (κ3) is 4.19. The largest absolute Gasteiger partial charge is 0.384 e. The average Bonchev–Trinajstić information content (AvgIpc) is 2.71. The SMILES string of the molecule is Cc1cc(C)n(CCCNC(=O)c2cc(N)nc(Cl)c2)n1. The number of halogens is 1. The molecular formula is C14H18ClN5O. The number of carbonyl (C=O) groups excluding carboxylic acids is 1. The van der Waals surface area contributed by atoms with Crippen molar-refractivity contribution in [1.82, 2.24) is 20.1 Å². The van der Waals surface area contributed by atoms with Crippen LogP contribution in [0.5, 0.6) is 0 Å². The van der Waals surface area contributed by atoms with Gasteiger partial charge in [0.1, 0.15) is 11.0 Å². The first-order valence-electron chi connectivity index (χ1n) is 6.68. The fraction of sp³-hybridized carbons (Fsp3) is 0.357. The molecule has 0 spiro atoms. The number of aryl methyl sites for hydroxylation is 3. The Morgan fingerprint density at radius 3 is 2.76 bits per heavy atom. The van der Waals surface area contributed by atoms with Gasteiger partial charge in [-0.3, -0.25) is 9.48 Å². The van der Waals surface area contributed by atoms with E-state index < -0.39 is 0 Å². The summed E-state index contributed by atoms with van der Waals surface area (Å²) in [6.45, 7) is 5.29. The Kier molecular flexibility index (Phi) is 4.80. The number of carbonyl (C=O) groups is 1. The molecule has 0 radical (unpaired) electrons. The van der Waals surface area contributed by atoms with Crippen LogP contribution in [-0.4, -0.2) is 27.2 Å². The van der Waals surface area contributed by atoms with Crippen LogP contribution in [0.15, 0.2) is 18.2 Å². The van der Waals surface area contributed by atoms with Gasteiger partial charge in [0.15, 0.2) is 0 Å². The maximum Gasteiger partial charge on any atom is 0.251 e. The molecule has 0 aliphatic carbocycles. The number of nitrogens with zero attached hydrogens (tertiary/aromatic N) is 3. The minimum Gasteiger partial charge on any atom is -0.384 e. The van der Waals surface area contributed by atoms with Crippen LogP contribution in [0.3, 0.4) is 0 Å². The van der Waals surface area contributed by atoms with E-state index in [4.69, 9.17) is 17.3 Å². The predicted octanol–water partition coefficient (Wildman–Crippen LogP) is 1.95. The lowest BCUT2D eigenvalue weighted by atomic mass is 10.2. The van der Waals surface area contributed by atoms with E-state index in [1.165, 1.54) is 12.1 Å². The first kappa shape index (κ1) is 15.3. The first-order chi connectivity index (χ1) is 9.95. The van der Waals surface area contributed by atoms with E-state index in [9.17, 15) is 4.79 Å². The minimum atomic E-state index is -0.209. The van der Waals surface area contributed by atoms with Gasteiger partial charge in [-0.2, -0.15) is 5.10 Å². The highest BCUT2D eigenvalue weighted by Gasteiger charge is 2.08. The summed E-state index contributed by atoms with van der Waals surface area (Å²) in [7, 11) is 0. The molecule has 3 N–H and O–H groups in total. The Balaban J connectivity index is 1.83. The Morgan fingerprint density at radius 2 is 2.14 bits per heavy atom. The smallest absolute Gasteiger partial charge is 0.251 e. The Morgan fingerprint density at radius 1 is 1.38 bits per heavy atom. The van der Waals surface area contributed by atoms with Crippen LogP contribution in [0.1, 0.15) is 28.2 Å². The summed E-state index contributed by atoms with van der Waals surface area (Å²) in [5.74, 6) is 0.0228. The number of hydrogen-bond donors (Lipinski definition) is 2. The highest BCUT2D eigenvalue weighted by Crippen LogP contribution is 2.12. The number of nitrogen functional groups attached to an aromatic ring is 1. The lowest BCUT2D eigenvalue weighted by Crippen LogP contribution is -2.25. The van der Waals surface area contributed by atoms with E-state index in [2.05, 4.69) is 15.4 Å².